The van der Waals surface area contributed by atoms with Crippen molar-refractivity contribution in [3.63, 3.8) is 0 Å². The molecule has 0 unspecified atom stereocenters. The predicted octanol–water partition coefficient (Wildman–Crippen LogP) is 3.71. The molecule has 5 nitrogen and oxygen atoms in total. The first-order chi connectivity index (χ1) is 13.0. The zero-order valence-corrected chi connectivity index (χ0v) is 15.7. The van der Waals surface area contributed by atoms with Crippen molar-refractivity contribution in [2.24, 2.45) is 17.1 Å². The van der Waals surface area contributed by atoms with Crippen LogP contribution in [0.4, 0.5) is 0 Å². The van der Waals surface area contributed by atoms with Crippen molar-refractivity contribution in [3.05, 3.63) is 58.3 Å². The Morgan fingerprint density at radius 3 is 2.63 bits per heavy atom. The van der Waals surface area contributed by atoms with Crippen LogP contribution in [0.25, 0.3) is 0 Å². The lowest BCUT2D eigenvalue weighted by Gasteiger charge is -2.43. The number of allylic oxidation sites excluding steroid dienone is 3. The second kappa shape index (κ2) is 7.29. The standard InChI is InChI=1S/C22H23N3O2/c1-3-27-21(26)22(13-24)19(15-9-5-4-6-10-15)16-11-7-8-14(2)18(16)17(12-23)20(22)25/h4-6,9-10,14,19H,3,7-8,11,25H2,1-2H3/t14-,19+,22-/m0/s1. The molecule has 0 radical (unpaired) electrons. The third-order valence-corrected chi connectivity index (χ3v) is 5.69. The highest BCUT2D eigenvalue weighted by atomic mass is 16.5. The molecule has 0 aliphatic heterocycles. The van der Waals surface area contributed by atoms with Gasteiger partial charge in [0.25, 0.3) is 0 Å². The number of ether oxygens (including phenoxy) is 1. The molecular formula is C22H23N3O2. The molecule has 5 heteroatoms. The summed E-state index contributed by atoms with van der Waals surface area (Å²) in [6, 6.07) is 13.8. The first-order valence-electron chi connectivity index (χ1n) is 9.29. The largest absolute Gasteiger partial charge is 0.464 e. The summed E-state index contributed by atoms with van der Waals surface area (Å²) in [6.45, 7) is 3.91. The fourth-order valence-corrected chi connectivity index (χ4v) is 4.52. The summed E-state index contributed by atoms with van der Waals surface area (Å²) >= 11 is 0. The zero-order valence-electron chi connectivity index (χ0n) is 15.7. The highest BCUT2D eigenvalue weighted by Gasteiger charge is 2.57. The first-order valence-corrected chi connectivity index (χ1v) is 9.29. The van der Waals surface area contributed by atoms with Crippen molar-refractivity contribution in [3.8, 4) is 12.1 Å². The lowest BCUT2D eigenvalue weighted by Crippen LogP contribution is -2.47. The van der Waals surface area contributed by atoms with E-state index in [2.05, 4.69) is 19.1 Å². The van der Waals surface area contributed by atoms with E-state index in [4.69, 9.17) is 10.5 Å². The van der Waals surface area contributed by atoms with Crippen LogP contribution in [-0.4, -0.2) is 12.6 Å². The van der Waals surface area contributed by atoms with E-state index in [1.165, 1.54) is 0 Å². The Morgan fingerprint density at radius 1 is 1.33 bits per heavy atom. The van der Waals surface area contributed by atoms with Gasteiger partial charge in [0.1, 0.15) is 6.07 Å². The van der Waals surface area contributed by atoms with Crippen LogP contribution in [0.3, 0.4) is 0 Å². The van der Waals surface area contributed by atoms with E-state index in [1.807, 2.05) is 30.3 Å². The normalized spacial score (nSPS) is 27.4. The minimum atomic E-state index is -1.72. The van der Waals surface area contributed by atoms with Crippen LogP contribution in [0.1, 0.15) is 44.6 Å². The van der Waals surface area contributed by atoms with E-state index >= 15 is 0 Å². The fraction of sp³-hybridized carbons (Fsp3) is 0.409. The Bertz CT molecular complexity index is 902. The van der Waals surface area contributed by atoms with Crippen molar-refractivity contribution in [1.82, 2.24) is 0 Å². The van der Waals surface area contributed by atoms with Gasteiger partial charge in [0, 0.05) is 5.92 Å². The number of benzene rings is 1. The molecule has 1 aromatic rings. The lowest BCUT2D eigenvalue weighted by molar-refractivity contribution is -0.151. The Hall–Kier alpha value is -3.05. The highest BCUT2D eigenvalue weighted by molar-refractivity contribution is 5.88. The fourth-order valence-electron chi connectivity index (χ4n) is 4.52. The van der Waals surface area contributed by atoms with Gasteiger partial charge in [0.05, 0.1) is 23.9 Å². The molecule has 0 bridgehead atoms. The van der Waals surface area contributed by atoms with E-state index in [0.717, 1.165) is 36.0 Å². The van der Waals surface area contributed by atoms with Crippen molar-refractivity contribution in [2.75, 3.05) is 6.61 Å². The molecule has 0 amide bonds. The topological polar surface area (TPSA) is 99.9 Å². The zero-order chi connectivity index (χ0) is 19.6. The molecule has 2 aliphatic carbocycles. The quantitative estimate of drug-likeness (QED) is 0.827. The van der Waals surface area contributed by atoms with Gasteiger partial charge in [-0.05, 0) is 43.2 Å². The molecular weight excluding hydrogens is 338 g/mol. The Morgan fingerprint density at radius 2 is 2.04 bits per heavy atom. The number of rotatable bonds is 3. The van der Waals surface area contributed by atoms with Crippen LogP contribution < -0.4 is 5.73 Å². The van der Waals surface area contributed by atoms with Gasteiger partial charge in [0.15, 0.2) is 0 Å². The van der Waals surface area contributed by atoms with Crippen molar-refractivity contribution in [2.45, 2.75) is 39.0 Å². The molecule has 0 saturated carbocycles. The molecule has 27 heavy (non-hydrogen) atoms. The highest BCUT2D eigenvalue weighted by Crippen LogP contribution is 2.56. The molecule has 2 aliphatic rings. The summed E-state index contributed by atoms with van der Waals surface area (Å²) in [5.74, 6) is -1.07. The number of carbonyl (C=O) groups is 1. The number of hydrogen-bond donors (Lipinski definition) is 1. The van der Waals surface area contributed by atoms with Gasteiger partial charge in [-0.1, -0.05) is 42.8 Å². The molecule has 3 atom stereocenters. The average molecular weight is 361 g/mol. The van der Waals surface area contributed by atoms with Gasteiger partial charge in [0.2, 0.25) is 5.41 Å². The van der Waals surface area contributed by atoms with E-state index in [9.17, 15) is 15.3 Å². The van der Waals surface area contributed by atoms with E-state index < -0.39 is 17.3 Å². The molecule has 1 aromatic carbocycles. The SMILES string of the molecule is CCOC(=O)[C@]1(C#N)C(N)=C(C#N)C2=C(CCC[C@@H]2C)[C@H]1c1ccccc1. The predicted molar refractivity (Wildman–Crippen MR) is 101 cm³/mol. The average Bonchev–Trinajstić information content (AvgIpc) is 2.68. The minimum Gasteiger partial charge on any atom is -0.464 e. The Kier molecular flexibility index (Phi) is 5.06. The van der Waals surface area contributed by atoms with Gasteiger partial charge < -0.3 is 10.5 Å². The first kappa shape index (κ1) is 18.7. The minimum absolute atomic E-state index is 0.0207. The Labute approximate surface area is 159 Å². The van der Waals surface area contributed by atoms with E-state index in [0.29, 0.717) is 0 Å². The third kappa shape index (κ3) is 2.71. The molecule has 0 fully saturated rings. The van der Waals surface area contributed by atoms with Gasteiger partial charge >= 0.3 is 5.97 Å². The smallest absolute Gasteiger partial charge is 0.333 e. The molecule has 0 heterocycles. The van der Waals surface area contributed by atoms with Gasteiger partial charge in [-0.3, -0.25) is 0 Å². The maximum Gasteiger partial charge on any atom is 0.333 e. The maximum absolute atomic E-state index is 13.1. The van der Waals surface area contributed by atoms with Crippen molar-refractivity contribution in [1.29, 1.82) is 10.5 Å². The summed E-state index contributed by atoms with van der Waals surface area (Å²) in [5.41, 5.74) is 7.70. The lowest BCUT2D eigenvalue weighted by atomic mass is 9.58. The third-order valence-electron chi connectivity index (χ3n) is 5.69. The number of carbonyl (C=O) groups excluding carboxylic acids is 1. The molecule has 2 N–H and O–H groups in total. The van der Waals surface area contributed by atoms with Crippen LogP contribution in [0.5, 0.6) is 0 Å². The summed E-state index contributed by atoms with van der Waals surface area (Å²) in [7, 11) is 0. The molecule has 138 valence electrons. The summed E-state index contributed by atoms with van der Waals surface area (Å²) < 4.78 is 5.29. The summed E-state index contributed by atoms with van der Waals surface area (Å²) in [4.78, 5) is 13.1. The van der Waals surface area contributed by atoms with E-state index in [-0.39, 0.29) is 23.8 Å². The van der Waals surface area contributed by atoms with Crippen LogP contribution in [0.2, 0.25) is 0 Å². The Balaban J connectivity index is 2.38. The van der Waals surface area contributed by atoms with Crippen LogP contribution in [0, 0.1) is 34.0 Å². The number of hydrogen-bond acceptors (Lipinski definition) is 5. The van der Waals surface area contributed by atoms with Crippen LogP contribution >= 0.6 is 0 Å². The molecule has 0 saturated heterocycles. The van der Waals surface area contributed by atoms with Gasteiger partial charge in [-0.15, -0.1) is 0 Å². The molecule has 0 spiro atoms. The molecule has 0 aromatic heterocycles. The second-order valence-corrected chi connectivity index (χ2v) is 7.12. The number of esters is 1. The number of nitrogens with zero attached hydrogens (tertiary/aromatic N) is 2. The van der Waals surface area contributed by atoms with Crippen LogP contribution in [-0.2, 0) is 9.53 Å². The summed E-state index contributed by atoms with van der Waals surface area (Å²) in [5, 5.41) is 20.0. The molecule has 3 rings (SSSR count). The maximum atomic E-state index is 13.1. The monoisotopic (exact) mass is 361 g/mol. The number of nitriles is 2. The van der Waals surface area contributed by atoms with Gasteiger partial charge in [-0.2, -0.15) is 10.5 Å². The van der Waals surface area contributed by atoms with E-state index in [1.54, 1.807) is 6.92 Å². The van der Waals surface area contributed by atoms with Crippen molar-refractivity contribution < 1.29 is 9.53 Å². The van der Waals surface area contributed by atoms with Crippen molar-refractivity contribution >= 4 is 5.97 Å². The van der Waals surface area contributed by atoms with Gasteiger partial charge in [-0.25, -0.2) is 4.79 Å². The number of nitrogens with two attached hydrogens (primary N) is 1. The van der Waals surface area contributed by atoms with Crippen LogP contribution in [0.15, 0.2) is 52.7 Å². The second-order valence-electron chi connectivity index (χ2n) is 7.12. The summed E-state index contributed by atoms with van der Waals surface area (Å²) in [6.07, 6.45) is 2.64.